The van der Waals surface area contributed by atoms with Gasteiger partial charge in [-0.2, -0.15) is 8.78 Å². The van der Waals surface area contributed by atoms with E-state index in [4.69, 9.17) is 0 Å². The number of β-lactam (4-membered cyclic amide) rings is 1. The van der Waals surface area contributed by atoms with Crippen LogP contribution in [0.3, 0.4) is 0 Å². The monoisotopic (exact) mass is 579 g/mol. The Balaban J connectivity index is 1.40. The quantitative estimate of drug-likeness (QED) is 0.255. The lowest BCUT2D eigenvalue weighted by Crippen LogP contribution is -2.66. The first-order valence-corrected chi connectivity index (χ1v) is 15.0. The van der Waals surface area contributed by atoms with E-state index in [0.29, 0.717) is 30.8 Å². The van der Waals surface area contributed by atoms with Crippen LogP contribution in [0.1, 0.15) is 26.7 Å². The van der Waals surface area contributed by atoms with E-state index in [1.165, 1.54) is 23.6 Å². The average molecular weight is 580 g/mol. The molecule has 38 heavy (non-hydrogen) atoms. The van der Waals surface area contributed by atoms with Gasteiger partial charge in [0, 0.05) is 47.8 Å². The van der Waals surface area contributed by atoms with E-state index in [9.17, 15) is 41.5 Å². The van der Waals surface area contributed by atoms with Crippen LogP contribution in [0.25, 0.3) is 0 Å². The summed E-state index contributed by atoms with van der Waals surface area (Å²) in [5.74, 6) is -4.70. The van der Waals surface area contributed by atoms with Crippen LogP contribution in [0.2, 0.25) is 0 Å². The molecular formula is C22H31F2N5O7S2. The number of carboxylic acid groups (broad SMARTS) is 1. The molecule has 3 fully saturated rings. The number of alkyl halides is 2. The van der Waals surface area contributed by atoms with Crippen LogP contribution < -0.4 is 15.4 Å². The lowest BCUT2D eigenvalue weighted by Gasteiger charge is -2.47. The minimum Gasteiger partial charge on any atom is -0.477 e. The van der Waals surface area contributed by atoms with Crippen LogP contribution in [0.4, 0.5) is 8.78 Å². The predicted octanol–water partition coefficient (Wildman–Crippen LogP) is -0.857. The van der Waals surface area contributed by atoms with E-state index in [0.717, 1.165) is 6.26 Å². The first kappa shape index (κ1) is 28.7. The molecule has 3 amide bonds. The first-order chi connectivity index (χ1) is 17.7. The number of hydrogen-bond acceptors (Lipinski definition) is 8. The molecule has 0 unspecified atom stereocenters. The molecule has 0 radical (unpaired) electrons. The van der Waals surface area contributed by atoms with Crippen LogP contribution in [0, 0.1) is 11.8 Å². The molecule has 4 rings (SSSR count). The Morgan fingerprint density at radius 1 is 1.26 bits per heavy atom. The summed E-state index contributed by atoms with van der Waals surface area (Å²) in [5, 5.41) is 15.0. The molecule has 0 aromatic rings. The van der Waals surface area contributed by atoms with Crippen LogP contribution in [-0.4, -0.2) is 109 Å². The fourth-order valence-corrected chi connectivity index (χ4v) is 8.09. The van der Waals surface area contributed by atoms with E-state index >= 15 is 0 Å². The molecule has 12 nitrogen and oxygen atoms in total. The minimum absolute atomic E-state index is 0.148. The smallest absolute Gasteiger partial charge is 0.353 e. The van der Waals surface area contributed by atoms with Crippen molar-refractivity contribution in [3.8, 4) is 0 Å². The fourth-order valence-electron chi connectivity index (χ4n) is 5.81. The Hall–Kier alpha value is -2.30. The predicted molar refractivity (Wildman–Crippen MR) is 132 cm³/mol. The molecule has 0 aliphatic carbocycles. The summed E-state index contributed by atoms with van der Waals surface area (Å²) in [5.41, 5.74) is -0.148. The maximum Gasteiger partial charge on any atom is 0.353 e. The van der Waals surface area contributed by atoms with E-state index in [2.05, 4.69) is 15.4 Å². The molecular weight excluding hydrogens is 548 g/mol. The largest absolute Gasteiger partial charge is 0.477 e. The zero-order valence-electron chi connectivity index (χ0n) is 21.0. The molecule has 16 heteroatoms. The first-order valence-electron chi connectivity index (χ1n) is 12.2. The highest BCUT2D eigenvalue weighted by Gasteiger charge is 2.60. The zero-order chi connectivity index (χ0) is 28.1. The van der Waals surface area contributed by atoms with Crippen LogP contribution in [0.15, 0.2) is 10.6 Å². The number of amides is 3. The molecule has 0 spiro atoms. The third-order valence-corrected chi connectivity index (χ3v) is 9.73. The van der Waals surface area contributed by atoms with Gasteiger partial charge < -0.3 is 25.5 Å². The Kier molecular flexibility index (Phi) is 8.08. The zero-order valence-corrected chi connectivity index (χ0v) is 22.7. The summed E-state index contributed by atoms with van der Waals surface area (Å²) in [4.78, 5) is 52.7. The highest BCUT2D eigenvalue weighted by molar-refractivity contribution is 8.03. The number of aliphatic carboxylic acids is 1. The third kappa shape index (κ3) is 5.53. The Bertz CT molecular complexity index is 1170. The number of carbonyl (C=O) groups excluding carboxylic acids is 3. The van der Waals surface area contributed by atoms with Crippen LogP contribution in [-0.2, 0) is 29.2 Å². The highest BCUT2D eigenvalue weighted by atomic mass is 32.2. The second kappa shape index (κ2) is 10.7. The van der Waals surface area contributed by atoms with Crippen molar-refractivity contribution in [2.45, 2.75) is 62.5 Å². The fraction of sp³-hybridized carbons (Fsp3) is 0.727. The van der Waals surface area contributed by atoms with E-state index in [1.807, 2.05) is 0 Å². The second-order valence-electron chi connectivity index (χ2n) is 10.2. The van der Waals surface area contributed by atoms with Gasteiger partial charge in [0.2, 0.25) is 21.8 Å². The summed E-state index contributed by atoms with van der Waals surface area (Å²) >= 11 is 1.29. The number of nitrogens with one attached hydrogen (secondary N) is 3. The second-order valence-corrected chi connectivity index (χ2v) is 13.3. The maximum absolute atomic E-state index is 13.0. The average Bonchev–Trinajstić information content (AvgIpc) is 3.51. The van der Waals surface area contributed by atoms with Crippen molar-refractivity contribution in [3.63, 3.8) is 0 Å². The lowest BCUT2D eigenvalue weighted by atomic mass is 9.78. The summed E-state index contributed by atoms with van der Waals surface area (Å²) in [6, 6.07) is -2.33. The van der Waals surface area contributed by atoms with Gasteiger partial charge in [0.1, 0.15) is 5.70 Å². The number of sulfonamides is 1. The number of carbonyl (C=O) groups is 4. The van der Waals surface area contributed by atoms with Crippen molar-refractivity contribution >= 4 is 45.5 Å². The van der Waals surface area contributed by atoms with E-state index < -0.39 is 64.2 Å². The van der Waals surface area contributed by atoms with Crippen LogP contribution in [0.5, 0.6) is 0 Å². The summed E-state index contributed by atoms with van der Waals surface area (Å²) in [6.07, 6.45) is -1.23. The highest BCUT2D eigenvalue weighted by Crippen LogP contribution is 2.51. The molecule has 212 valence electrons. The van der Waals surface area contributed by atoms with Gasteiger partial charge in [0.25, 0.3) is 5.91 Å². The molecule has 4 aliphatic rings. The van der Waals surface area contributed by atoms with Gasteiger partial charge in [0.15, 0.2) is 0 Å². The van der Waals surface area contributed by atoms with Gasteiger partial charge >= 0.3 is 12.4 Å². The summed E-state index contributed by atoms with van der Waals surface area (Å²) in [7, 11) is -3.38. The number of likely N-dealkylation sites (tertiary alicyclic amines) is 1. The van der Waals surface area contributed by atoms with Gasteiger partial charge in [-0.25, -0.2) is 17.9 Å². The number of rotatable bonds is 9. The van der Waals surface area contributed by atoms with Gasteiger partial charge in [-0.1, -0.05) is 6.92 Å². The molecule has 4 heterocycles. The van der Waals surface area contributed by atoms with Crippen molar-refractivity contribution in [2.75, 3.05) is 25.9 Å². The standard InChI is InChI=1S/C22H31F2N5O7S2/c1-9-15-14(10(2)26-19(30)18(23)24)21(32)29(15)16(22(33)34)17(9)37-12-6-13(25-7-12)20(31)28-5-4-11(8-28)27-38(3,35)36/h9-15,18,25,27H,4-8H2,1-3H3,(H,26,30)(H,33,34)/t9-,10-,11+,12+,13+,14-,15-/m1/s1. The van der Waals surface area contributed by atoms with Crippen molar-refractivity contribution in [3.05, 3.63) is 10.6 Å². The molecule has 4 N–H and O–H groups in total. The minimum atomic E-state index is -3.38. The van der Waals surface area contributed by atoms with E-state index in [-0.39, 0.29) is 29.4 Å². The molecule has 3 saturated heterocycles. The summed E-state index contributed by atoms with van der Waals surface area (Å²) < 4.78 is 50.9. The van der Waals surface area contributed by atoms with Gasteiger partial charge in [-0.3, -0.25) is 14.4 Å². The number of nitrogens with zero attached hydrogens (tertiary/aromatic N) is 2. The maximum atomic E-state index is 13.0. The van der Waals surface area contributed by atoms with Crippen molar-refractivity contribution < 1.29 is 41.5 Å². The molecule has 0 aromatic heterocycles. The summed E-state index contributed by atoms with van der Waals surface area (Å²) in [6.45, 7) is 4.33. The number of hydrogen-bond donors (Lipinski definition) is 4. The molecule has 0 saturated carbocycles. The Labute approximate surface area is 223 Å². The van der Waals surface area contributed by atoms with Crippen molar-refractivity contribution in [1.82, 2.24) is 25.2 Å². The topological polar surface area (TPSA) is 165 Å². The molecule has 0 aromatic carbocycles. The van der Waals surface area contributed by atoms with Gasteiger partial charge in [-0.05, 0) is 19.8 Å². The lowest BCUT2D eigenvalue weighted by molar-refractivity contribution is -0.159. The SMILES string of the molecule is C[C@@H](NC(=O)C(F)F)[C@H]1C(=O)N2C(C(=O)O)=C(S[C@@H]3CN[C@H](C(=O)N4CC[C@H](NS(C)(=O)=O)C4)C3)[C@H](C)[C@H]12. The van der Waals surface area contributed by atoms with Crippen molar-refractivity contribution in [2.24, 2.45) is 11.8 Å². The number of carboxylic acids is 1. The van der Waals surface area contributed by atoms with Gasteiger partial charge in [0.05, 0.1) is 24.3 Å². The van der Waals surface area contributed by atoms with E-state index in [1.54, 1.807) is 11.8 Å². The van der Waals surface area contributed by atoms with Gasteiger partial charge in [-0.15, -0.1) is 11.8 Å². The number of halogens is 2. The number of thioether (sulfide) groups is 1. The van der Waals surface area contributed by atoms with Crippen molar-refractivity contribution in [1.29, 1.82) is 0 Å². The Morgan fingerprint density at radius 2 is 1.95 bits per heavy atom. The Morgan fingerprint density at radius 3 is 2.55 bits per heavy atom. The molecule has 0 bridgehead atoms. The third-order valence-electron chi connectivity index (χ3n) is 7.46. The van der Waals surface area contributed by atoms with Crippen LogP contribution >= 0.6 is 11.8 Å². The normalized spacial score (nSPS) is 32.0. The molecule has 7 atom stereocenters. The number of fused-ring (bicyclic) bond motifs is 1. The molecule has 4 aliphatic heterocycles.